The summed E-state index contributed by atoms with van der Waals surface area (Å²) in [4.78, 5) is 27.8. The van der Waals surface area contributed by atoms with Crippen LogP contribution < -0.4 is 20.9 Å². The van der Waals surface area contributed by atoms with Crippen LogP contribution in [0.3, 0.4) is 0 Å². The van der Waals surface area contributed by atoms with Gasteiger partial charge in [0.15, 0.2) is 0 Å². The van der Waals surface area contributed by atoms with Crippen LogP contribution >= 0.6 is 0 Å². The number of rotatable bonds is 2. The second-order valence-electron chi connectivity index (χ2n) is 5.57. The maximum atomic E-state index is 12.1. The number of ether oxygens (including phenoxy) is 1. The largest absolute Gasteiger partial charge is 0.491 e. The molecule has 0 spiro atoms. The highest BCUT2D eigenvalue weighted by molar-refractivity contribution is 5.88. The number of aromatic nitrogens is 2. The first-order valence-electron chi connectivity index (χ1n) is 7.35. The minimum atomic E-state index is -0.467. The highest BCUT2D eigenvalue weighted by atomic mass is 16.5. The summed E-state index contributed by atoms with van der Waals surface area (Å²) in [5, 5.41) is 5.29. The molecule has 7 nitrogen and oxygen atoms in total. The average Bonchev–Trinajstić information content (AvgIpc) is 2.52. The number of nitrogens with zero attached hydrogens (tertiary/aromatic N) is 2. The van der Waals surface area contributed by atoms with E-state index < -0.39 is 6.03 Å². The Morgan fingerprint density at radius 1 is 1.43 bits per heavy atom. The van der Waals surface area contributed by atoms with Gasteiger partial charge in [-0.3, -0.25) is 10.1 Å². The van der Waals surface area contributed by atoms with Crippen LogP contribution in [0.25, 0.3) is 0 Å². The van der Waals surface area contributed by atoms with Gasteiger partial charge >= 0.3 is 6.03 Å². The van der Waals surface area contributed by atoms with Gasteiger partial charge in [0.05, 0.1) is 6.04 Å². The first-order chi connectivity index (χ1) is 11.0. The van der Waals surface area contributed by atoms with Crippen molar-refractivity contribution in [2.24, 2.45) is 7.05 Å². The fourth-order valence-corrected chi connectivity index (χ4v) is 2.59. The molecule has 2 aromatic rings. The normalized spacial score (nSPS) is 16.2. The Hall–Kier alpha value is -2.83. The molecule has 120 valence electrons. The third-order valence-electron chi connectivity index (χ3n) is 3.77. The highest BCUT2D eigenvalue weighted by Gasteiger charge is 2.22. The standard InChI is InChI=1S/C16H18N4O3/c1-10-4-3-5-11-8-12(9-23-13(10)11)18-16(22)19-14-15(21)20(2)7-6-17-14/h3-7,12H,8-9H2,1-2H3,(H2,17,18,19,22)/t12-/m1/s1. The van der Waals surface area contributed by atoms with Crippen LogP contribution in [0.1, 0.15) is 11.1 Å². The summed E-state index contributed by atoms with van der Waals surface area (Å²) in [7, 11) is 1.60. The molecular weight excluding hydrogens is 296 g/mol. The van der Waals surface area contributed by atoms with E-state index in [4.69, 9.17) is 4.74 Å². The van der Waals surface area contributed by atoms with E-state index in [0.29, 0.717) is 13.0 Å². The van der Waals surface area contributed by atoms with Crippen molar-refractivity contribution in [2.75, 3.05) is 11.9 Å². The van der Waals surface area contributed by atoms with Crippen molar-refractivity contribution in [2.45, 2.75) is 19.4 Å². The first kappa shape index (κ1) is 15.1. The maximum absolute atomic E-state index is 12.1. The second kappa shape index (κ2) is 6.12. The number of nitrogens with one attached hydrogen (secondary N) is 2. The number of aryl methyl sites for hydroxylation is 2. The van der Waals surface area contributed by atoms with Gasteiger partial charge in [-0.25, -0.2) is 9.78 Å². The number of fused-ring (bicyclic) bond motifs is 1. The van der Waals surface area contributed by atoms with E-state index in [1.54, 1.807) is 7.05 Å². The number of para-hydroxylation sites is 1. The number of urea groups is 1. The lowest BCUT2D eigenvalue weighted by Crippen LogP contribution is -2.45. The highest BCUT2D eigenvalue weighted by Crippen LogP contribution is 2.28. The van der Waals surface area contributed by atoms with Gasteiger partial charge in [-0.15, -0.1) is 0 Å². The van der Waals surface area contributed by atoms with Crippen LogP contribution in [-0.4, -0.2) is 28.2 Å². The number of hydrogen-bond acceptors (Lipinski definition) is 4. The monoisotopic (exact) mass is 314 g/mol. The molecule has 1 aliphatic heterocycles. The van der Waals surface area contributed by atoms with E-state index in [1.165, 1.54) is 17.0 Å². The van der Waals surface area contributed by atoms with Gasteiger partial charge in [0.25, 0.3) is 5.56 Å². The molecule has 2 amide bonds. The fourth-order valence-electron chi connectivity index (χ4n) is 2.59. The average molecular weight is 314 g/mol. The number of anilines is 1. The van der Waals surface area contributed by atoms with Crippen molar-refractivity contribution in [3.05, 3.63) is 52.1 Å². The first-order valence-corrected chi connectivity index (χ1v) is 7.35. The molecule has 0 aliphatic carbocycles. The Bertz CT molecular complexity index is 800. The molecule has 0 radical (unpaired) electrons. The van der Waals surface area contributed by atoms with Crippen LogP contribution in [-0.2, 0) is 13.5 Å². The predicted octanol–water partition coefficient (Wildman–Crippen LogP) is 1.21. The summed E-state index contributed by atoms with van der Waals surface area (Å²) in [6, 6.07) is 5.33. The van der Waals surface area contributed by atoms with Gasteiger partial charge in [-0.2, -0.15) is 0 Å². The van der Waals surface area contributed by atoms with Crippen LogP contribution in [0.2, 0.25) is 0 Å². The summed E-state index contributed by atoms with van der Waals surface area (Å²) >= 11 is 0. The Balaban J connectivity index is 1.65. The third kappa shape index (κ3) is 3.18. The van der Waals surface area contributed by atoms with Crippen LogP contribution in [0, 0.1) is 6.92 Å². The van der Waals surface area contributed by atoms with Crippen molar-refractivity contribution < 1.29 is 9.53 Å². The zero-order chi connectivity index (χ0) is 16.4. The Labute approximate surface area is 133 Å². The van der Waals surface area contributed by atoms with E-state index in [2.05, 4.69) is 15.6 Å². The van der Waals surface area contributed by atoms with Crippen molar-refractivity contribution in [3.8, 4) is 5.75 Å². The van der Waals surface area contributed by atoms with Crippen LogP contribution in [0.4, 0.5) is 10.6 Å². The topological polar surface area (TPSA) is 85.2 Å². The van der Waals surface area contributed by atoms with Crippen molar-refractivity contribution in [3.63, 3.8) is 0 Å². The molecule has 1 aromatic carbocycles. The molecule has 0 bridgehead atoms. The molecule has 0 saturated heterocycles. The lowest BCUT2D eigenvalue weighted by atomic mass is 10.0. The van der Waals surface area contributed by atoms with Gasteiger partial charge in [0.1, 0.15) is 12.4 Å². The summed E-state index contributed by atoms with van der Waals surface area (Å²) < 4.78 is 7.09. The SMILES string of the molecule is Cc1cccc2c1OC[C@H](NC(=O)Nc1nccn(C)c1=O)C2. The van der Waals surface area contributed by atoms with Gasteiger partial charge < -0.3 is 14.6 Å². The third-order valence-corrected chi connectivity index (χ3v) is 3.77. The summed E-state index contributed by atoms with van der Waals surface area (Å²) in [5.74, 6) is 0.894. The molecule has 0 unspecified atom stereocenters. The van der Waals surface area contributed by atoms with Crippen LogP contribution in [0.15, 0.2) is 35.4 Å². The van der Waals surface area contributed by atoms with Gasteiger partial charge in [0.2, 0.25) is 5.82 Å². The summed E-state index contributed by atoms with van der Waals surface area (Å²) in [5.41, 5.74) is 1.79. The molecule has 2 N–H and O–H groups in total. The molecule has 0 saturated carbocycles. The molecule has 23 heavy (non-hydrogen) atoms. The maximum Gasteiger partial charge on any atom is 0.320 e. The van der Waals surface area contributed by atoms with E-state index in [1.807, 2.05) is 25.1 Å². The molecule has 1 aromatic heterocycles. The molecular formula is C16H18N4O3. The van der Waals surface area contributed by atoms with E-state index >= 15 is 0 Å². The second-order valence-corrected chi connectivity index (χ2v) is 5.57. The minimum absolute atomic E-state index is 0.000437. The zero-order valence-electron chi connectivity index (χ0n) is 13.0. The summed E-state index contributed by atoms with van der Waals surface area (Å²) in [6.07, 6.45) is 3.67. The van der Waals surface area contributed by atoms with E-state index in [9.17, 15) is 9.59 Å². The zero-order valence-corrected chi connectivity index (χ0v) is 13.0. The molecule has 3 rings (SSSR count). The number of carbonyl (C=O) groups excluding carboxylic acids is 1. The quantitative estimate of drug-likeness (QED) is 0.872. The van der Waals surface area contributed by atoms with E-state index in [-0.39, 0.29) is 17.4 Å². The Morgan fingerprint density at radius 2 is 2.26 bits per heavy atom. The Kier molecular flexibility index (Phi) is 4.01. The number of carbonyl (C=O) groups is 1. The molecule has 2 heterocycles. The summed E-state index contributed by atoms with van der Waals surface area (Å²) in [6.45, 7) is 2.39. The number of benzene rings is 1. The number of amides is 2. The van der Waals surface area contributed by atoms with Crippen molar-refractivity contribution >= 4 is 11.8 Å². The Morgan fingerprint density at radius 3 is 3.09 bits per heavy atom. The lowest BCUT2D eigenvalue weighted by molar-refractivity contribution is 0.222. The fraction of sp³-hybridized carbons (Fsp3) is 0.312. The molecule has 1 aliphatic rings. The van der Waals surface area contributed by atoms with Crippen molar-refractivity contribution in [1.29, 1.82) is 0 Å². The smallest absolute Gasteiger partial charge is 0.320 e. The minimum Gasteiger partial charge on any atom is -0.491 e. The van der Waals surface area contributed by atoms with Crippen molar-refractivity contribution in [1.82, 2.24) is 14.9 Å². The molecule has 1 atom stereocenters. The van der Waals surface area contributed by atoms with E-state index in [0.717, 1.165) is 16.9 Å². The van der Waals surface area contributed by atoms with Gasteiger partial charge in [0, 0.05) is 19.4 Å². The molecule has 0 fully saturated rings. The van der Waals surface area contributed by atoms with Crippen LogP contribution in [0.5, 0.6) is 5.75 Å². The predicted molar refractivity (Wildman–Crippen MR) is 85.8 cm³/mol. The van der Waals surface area contributed by atoms with Gasteiger partial charge in [-0.1, -0.05) is 18.2 Å². The lowest BCUT2D eigenvalue weighted by Gasteiger charge is -2.27. The van der Waals surface area contributed by atoms with Gasteiger partial charge in [-0.05, 0) is 24.5 Å². The number of hydrogen-bond donors (Lipinski definition) is 2. The molecule has 7 heteroatoms.